The van der Waals surface area contributed by atoms with E-state index in [1.165, 1.54) is 55.3 Å². The van der Waals surface area contributed by atoms with Crippen LogP contribution in [0.15, 0.2) is 123 Å². The second-order valence-electron chi connectivity index (χ2n) is 10.3. The van der Waals surface area contributed by atoms with Gasteiger partial charge in [0.05, 0.1) is 5.41 Å². The monoisotopic (exact) mass is 612 g/mol. The predicted octanol–water partition coefficient (Wildman–Crippen LogP) is 10.6. The van der Waals surface area contributed by atoms with Crippen molar-refractivity contribution in [1.29, 1.82) is 0 Å². The normalized spacial score (nSPS) is 14.3. The van der Waals surface area contributed by atoms with Gasteiger partial charge in [0.25, 0.3) is 0 Å². The Bertz CT molecular complexity index is 2110. The molecule has 1 nitrogen and oxygen atoms in total. The first-order chi connectivity index (χ1) is 18.7. The maximum Gasteiger partial charge on any atom is 0.143 e. The van der Waals surface area contributed by atoms with Crippen LogP contribution >= 0.6 is 31.9 Å². The Labute approximate surface area is 236 Å². The van der Waals surface area contributed by atoms with E-state index >= 15 is 0 Å². The largest absolute Gasteiger partial charge is 0.455 e. The van der Waals surface area contributed by atoms with E-state index in [2.05, 4.69) is 135 Å². The van der Waals surface area contributed by atoms with Crippen LogP contribution < -0.4 is 0 Å². The number of furan rings is 1. The first-order valence-electron chi connectivity index (χ1n) is 12.7. The fourth-order valence-electron chi connectivity index (χ4n) is 7.22. The summed E-state index contributed by atoms with van der Waals surface area (Å²) in [7, 11) is 0. The molecular weight excluding hydrogens is 596 g/mol. The minimum Gasteiger partial charge on any atom is -0.455 e. The molecule has 1 heterocycles. The molecule has 0 bridgehead atoms. The number of fused-ring (bicyclic) bond motifs is 13. The predicted molar refractivity (Wildman–Crippen MR) is 163 cm³/mol. The van der Waals surface area contributed by atoms with Gasteiger partial charge in [-0.25, -0.2) is 0 Å². The van der Waals surface area contributed by atoms with Crippen LogP contribution in [-0.4, -0.2) is 0 Å². The maximum atomic E-state index is 6.70. The van der Waals surface area contributed by atoms with Crippen LogP contribution in [0.25, 0.3) is 55.0 Å². The van der Waals surface area contributed by atoms with Gasteiger partial charge < -0.3 is 4.42 Å². The molecule has 0 N–H and O–H groups in total. The van der Waals surface area contributed by atoms with Crippen LogP contribution in [0.3, 0.4) is 0 Å². The van der Waals surface area contributed by atoms with Gasteiger partial charge in [0, 0.05) is 25.3 Å². The zero-order valence-corrected chi connectivity index (χ0v) is 23.2. The van der Waals surface area contributed by atoms with E-state index in [4.69, 9.17) is 4.42 Å². The Balaban J connectivity index is 1.59. The fourth-order valence-corrected chi connectivity index (χ4v) is 7.95. The van der Waals surface area contributed by atoms with Crippen LogP contribution in [0.1, 0.15) is 22.3 Å². The maximum absolute atomic E-state index is 6.70. The zero-order valence-electron chi connectivity index (χ0n) is 20.1. The summed E-state index contributed by atoms with van der Waals surface area (Å²) in [6, 6.07) is 39.9. The molecule has 3 heteroatoms. The summed E-state index contributed by atoms with van der Waals surface area (Å²) in [6.45, 7) is 0. The highest BCUT2D eigenvalue weighted by molar-refractivity contribution is 9.10. The quantitative estimate of drug-likeness (QED) is 0.166. The van der Waals surface area contributed by atoms with Crippen molar-refractivity contribution < 1.29 is 4.42 Å². The third-order valence-corrected chi connectivity index (χ3v) is 9.58. The molecule has 2 aliphatic rings. The van der Waals surface area contributed by atoms with Crippen LogP contribution in [0.5, 0.6) is 0 Å². The van der Waals surface area contributed by atoms with Gasteiger partial charge in [-0.1, -0.05) is 111 Å². The number of hydrogen-bond acceptors (Lipinski definition) is 1. The standard InChI is InChI=1S/C35H18Br2O/c36-20-11-13-22-23-14-12-21(37)18-30(23)35(29(22)17-20)27-9-4-6-19-5-3-8-26(32(19)27)33-28(35)16-15-25-24-7-1-2-10-31(24)38-34(25)33/h1-18H. The lowest BCUT2D eigenvalue weighted by atomic mass is 9.61. The molecule has 38 heavy (non-hydrogen) atoms. The smallest absolute Gasteiger partial charge is 0.143 e. The Morgan fingerprint density at radius 2 is 1.24 bits per heavy atom. The summed E-state index contributed by atoms with van der Waals surface area (Å²) in [5.74, 6) is 0. The molecule has 0 saturated carbocycles. The second kappa shape index (κ2) is 7.25. The molecule has 7 aromatic rings. The number of benzene rings is 6. The summed E-state index contributed by atoms with van der Waals surface area (Å²) in [4.78, 5) is 0. The first kappa shape index (κ1) is 21.3. The molecule has 6 aromatic carbocycles. The lowest BCUT2D eigenvalue weighted by Gasteiger charge is -2.40. The Kier molecular flexibility index (Phi) is 4.06. The van der Waals surface area contributed by atoms with Crippen molar-refractivity contribution in [2.24, 2.45) is 0 Å². The van der Waals surface area contributed by atoms with Gasteiger partial charge in [-0.3, -0.25) is 0 Å². The molecule has 1 aromatic heterocycles. The van der Waals surface area contributed by atoms with Crippen molar-refractivity contribution in [2.45, 2.75) is 5.41 Å². The van der Waals surface area contributed by atoms with Crippen molar-refractivity contribution in [3.8, 4) is 22.3 Å². The number of rotatable bonds is 0. The van der Waals surface area contributed by atoms with Crippen molar-refractivity contribution in [3.05, 3.63) is 140 Å². The van der Waals surface area contributed by atoms with E-state index < -0.39 is 5.41 Å². The van der Waals surface area contributed by atoms with E-state index in [0.29, 0.717) is 0 Å². The molecule has 0 aliphatic heterocycles. The highest BCUT2D eigenvalue weighted by Gasteiger charge is 2.51. The fraction of sp³-hybridized carbons (Fsp3) is 0.0286. The van der Waals surface area contributed by atoms with E-state index in [0.717, 1.165) is 30.9 Å². The van der Waals surface area contributed by atoms with Crippen molar-refractivity contribution in [1.82, 2.24) is 0 Å². The molecule has 0 unspecified atom stereocenters. The molecule has 1 spiro atoms. The van der Waals surface area contributed by atoms with E-state index in [9.17, 15) is 0 Å². The van der Waals surface area contributed by atoms with Crippen molar-refractivity contribution >= 4 is 64.6 Å². The van der Waals surface area contributed by atoms with Gasteiger partial charge in [-0.05, 0) is 80.0 Å². The first-order valence-corrected chi connectivity index (χ1v) is 14.3. The van der Waals surface area contributed by atoms with Crippen molar-refractivity contribution in [3.63, 3.8) is 0 Å². The molecule has 178 valence electrons. The van der Waals surface area contributed by atoms with Gasteiger partial charge in [0.2, 0.25) is 0 Å². The van der Waals surface area contributed by atoms with Crippen LogP contribution in [0, 0.1) is 0 Å². The zero-order chi connectivity index (χ0) is 25.2. The van der Waals surface area contributed by atoms with Gasteiger partial charge in [0.15, 0.2) is 0 Å². The highest BCUT2D eigenvalue weighted by atomic mass is 79.9. The molecule has 0 radical (unpaired) electrons. The Morgan fingerprint density at radius 1 is 0.526 bits per heavy atom. The SMILES string of the molecule is Brc1ccc2c(c1)C1(c3cc(Br)ccc3-2)c2ccc3c(oc4ccccc43)c2-c2cccc3cccc1c23. The number of halogens is 2. The average molecular weight is 614 g/mol. The third-order valence-electron chi connectivity index (χ3n) is 8.59. The van der Waals surface area contributed by atoms with Crippen LogP contribution in [0.2, 0.25) is 0 Å². The molecule has 0 saturated heterocycles. The van der Waals surface area contributed by atoms with Crippen LogP contribution in [-0.2, 0) is 5.41 Å². The molecule has 2 aliphatic carbocycles. The summed E-state index contributed by atoms with van der Waals surface area (Å²) >= 11 is 7.64. The summed E-state index contributed by atoms with van der Waals surface area (Å²) < 4.78 is 8.87. The van der Waals surface area contributed by atoms with Crippen LogP contribution in [0.4, 0.5) is 0 Å². The van der Waals surface area contributed by atoms with Gasteiger partial charge in [-0.15, -0.1) is 0 Å². The average Bonchev–Trinajstić information content (AvgIpc) is 3.45. The lowest BCUT2D eigenvalue weighted by molar-refractivity contribution is 0.667. The Morgan fingerprint density at radius 3 is 2.00 bits per heavy atom. The van der Waals surface area contributed by atoms with Gasteiger partial charge in [0.1, 0.15) is 11.2 Å². The topological polar surface area (TPSA) is 13.1 Å². The van der Waals surface area contributed by atoms with Gasteiger partial charge >= 0.3 is 0 Å². The molecule has 0 atom stereocenters. The minimum absolute atomic E-state index is 0.478. The number of hydrogen-bond donors (Lipinski definition) is 0. The van der Waals surface area contributed by atoms with E-state index in [1.54, 1.807) is 0 Å². The summed E-state index contributed by atoms with van der Waals surface area (Å²) in [5, 5.41) is 4.86. The third kappa shape index (κ3) is 2.43. The molecule has 9 rings (SSSR count). The molecular formula is C35H18Br2O. The number of para-hydroxylation sites is 1. The second-order valence-corrected chi connectivity index (χ2v) is 12.1. The lowest BCUT2D eigenvalue weighted by Crippen LogP contribution is -2.32. The molecule has 0 fully saturated rings. The van der Waals surface area contributed by atoms with Gasteiger partial charge in [-0.2, -0.15) is 0 Å². The summed E-state index contributed by atoms with van der Waals surface area (Å²) in [6.07, 6.45) is 0. The van der Waals surface area contributed by atoms with E-state index in [-0.39, 0.29) is 0 Å². The van der Waals surface area contributed by atoms with Crippen molar-refractivity contribution in [2.75, 3.05) is 0 Å². The summed E-state index contributed by atoms with van der Waals surface area (Å²) in [5.41, 5.74) is 11.6. The minimum atomic E-state index is -0.478. The highest BCUT2D eigenvalue weighted by Crippen LogP contribution is 2.63. The van der Waals surface area contributed by atoms with E-state index in [1.807, 2.05) is 6.07 Å². The Hall–Kier alpha value is -3.66. The molecule has 0 amide bonds.